The van der Waals surface area contributed by atoms with E-state index in [-0.39, 0.29) is 0 Å². The minimum atomic E-state index is 0.421. The van der Waals surface area contributed by atoms with Crippen LogP contribution in [0.3, 0.4) is 0 Å². The van der Waals surface area contributed by atoms with Gasteiger partial charge in [-0.2, -0.15) is 0 Å². The molecule has 0 aliphatic rings. The van der Waals surface area contributed by atoms with E-state index in [2.05, 4.69) is 0 Å². The van der Waals surface area contributed by atoms with Gasteiger partial charge in [0.2, 0.25) is 0 Å². The van der Waals surface area contributed by atoms with Gasteiger partial charge in [0.1, 0.15) is 23.9 Å². The third-order valence-corrected chi connectivity index (χ3v) is 2.32. The van der Waals surface area contributed by atoms with Crippen molar-refractivity contribution in [1.29, 1.82) is 0 Å². The van der Waals surface area contributed by atoms with E-state index in [1.165, 1.54) is 5.56 Å². The number of aryl methyl sites for hydroxylation is 1. The van der Waals surface area contributed by atoms with E-state index in [4.69, 9.17) is 14.9 Å². The smallest absolute Gasteiger partial charge is 0.146 e. The van der Waals surface area contributed by atoms with E-state index in [0.717, 1.165) is 17.3 Å². The summed E-state index contributed by atoms with van der Waals surface area (Å²) in [5.74, 6) is 2.42. The number of ether oxygens (including phenoxy) is 1. The second-order valence-corrected chi connectivity index (χ2v) is 3.67. The van der Waals surface area contributed by atoms with Crippen LogP contribution in [-0.2, 0) is 13.2 Å². The topological polar surface area (TPSA) is 48.4 Å². The van der Waals surface area contributed by atoms with Gasteiger partial charge in [0.05, 0.1) is 6.54 Å². The molecule has 0 aliphatic carbocycles. The summed E-state index contributed by atoms with van der Waals surface area (Å²) in [6.07, 6.45) is 0. The molecule has 0 amide bonds. The second kappa shape index (κ2) is 4.86. The van der Waals surface area contributed by atoms with Gasteiger partial charge in [-0.1, -0.05) is 17.7 Å². The molecule has 0 spiro atoms. The maximum absolute atomic E-state index is 5.57. The molecule has 2 N–H and O–H groups in total. The van der Waals surface area contributed by atoms with Crippen LogP contribution in [0.1, 0.15) is 17.1 Å². The lowest BCUT2D eigenvalue weighted by atomic mass is 10.2. The van der Waals surface area contributed by atoms with Crippen molar-refractivity contribution in [1.82, 2.24) is 0 Å². The van der Waals surface area contributed by atoms with E-state index >= 15 is 0 Å². The Morgan fingerprint density at radius 3 is 2.38 bits per heavy atom. The summed E-state index contributed by atoms with van der Waals surface area (Å²) in [5.41, 5.74) is 6.67. The second-order valence-electron chi connectivity index (χ2n) is 3.67. The van der Waals surface area contributed by atoms with Gasteiger partial charge in [-0.25, -0.2) is 0 Å². The van der Waals surface area contributed by atoms with E-state index in [0.29, 0.717) is 13.2 Å². The van der Waals surface area contributed by atoms with Gasteiger partial charge in [0.15, 0.2) is 0 Å². The Balaban J connectivity index is 1.94. The van der Waals surface area contributed by atoms with E-state index < -0.39 is 0 Å². The zero-order valence-electron chi connectivity index (χ0n) is 9.27. The summed E-state index contributed by atoms with van der Waals surface area (Å²) in [5, 5.41) is 0. The van der Waals surface area contributed by atoms with E-state index in [1.807, 2.05) is 43.3 Å². The lowest BCUT2D eigenvalue weighted by Gasteiger charge is -2.04. The molecule has 1 aromatic heterocycles. The van der Waals surface area contributed by atoms with Crippen molar-refractivity contribution < 1.29 is 9.15 Å². The zero-order valence-corrected chi connectivity index (χ0v) is 9.27. The summed E-state index contributed by atoms with van der Waals surface area (Å²) < 4.78 is 11.0. The lowest BCUT2D eigenvalue weighted by molar-refractivity contribution is 0.266. The molecule has 3 nitrogen and oxygen atoms in total. The number of nitrogens with two attached hydrogens (primary N) is 1. The van der Waals surface area contributed by atoms with Gasteiger partial charge in [0.25, 0.3) is 0 Å². The molecule has 2 aromatic rings. The highest BCUT2D eigenvalue weighted by Crippen LogP contribution is 2.14. The molecule has 1 aromatic carbocycles. The average molecular weight is 217 g/mol. The minimum absolute atomic E-state index is 0.421. The summed E-state index contributed by atoms with van der Waals surface area (Å²) in [6, 6.07) is 11.7. The van der Waals surface area contributed by atoms with Crippen molar-refractivity contribution in [3.8, 4) is 5.75 Å². The Bertz CT molecular complexity index is 445. The van der Waals surface area contributed by atoms with Crippen molar-refractivity contribution in [2.24, 2.45) is 5.73 Å². The highest BCUT2D eigenvalue weighted by molar-refractivity contribution is 5.26. The summed E-state index contributed by atoms with van der Waals surface area (Å²) in [4.78, 5) is 0. The molecule has 0 saturated carbocycles. The SMILES string of the molecule is Cc1ccc(OCc2ccc(CN)o2)cc1. The predicted octanol–water partition coefficient (Wildman–Crippen LogP) is 2.63. The van der Waals surface area contributed by atoms with Gasteiger partial charge in [-0.05, 0) is 31.2 Å². The number of furan rings is 1. The molecular formula is C13H15NO2. The number of rotatable bonds is 4. The van der Waals surface area contributed by atoms with Crippen molar-refractivity contribution in [2.45, 2.75) is 20.1 Å². The Hall–Kier alpha value is -1.74. The molecule has 1 heterocycles. The largest absolute Gasteiger partial charge is 0.486 e. The fourth-order valence-electron chi connectivity index (χ4n) is 1.40. The zero-order chi connectivity index (χ0) is 11.4. The molecule has 0 saturated heterocycles. The monoisotopic (exact) mass is 217 g/mol. The molecule has 0 fully saturated rings. The van der Waals surface area contributed by atoms with Crippen molar-refractivity contribution in [2.75, 3.05) is 0 Å². The highest BCUT2D eigenvalue weighted by atomic mass is 16.5. The standard InChI is InChI=1S/C13H15NO2/c1-10-2-4-11(5-3-10)15-9-13-7-6-12(8-14)16-13/h2-7H,8-9,14H2,1H3. The van der Waals surface area contributed by atoms with Gasteiger partial charge in [-0.3, -0.25) is 0 Å². The first-order valence-electron chi connectivity index (χ1n) is 5.25. The van der Waals surface area contributed by atoms with Crippen LogP contribution in [0.2, 0.25) is 0 Å². The third-order valence-electron chi connectivity index (χ3n) is 2.32. The van der Waals surface area contributed by atoms with E-state index in [1.54, 1.807) is 0 Å². The summed E-state index contributed by atoms with van der Waals surface area (Å²) in [6.45, 7) is 2.90. The number of benzene rings is 1. The molecular weight excluding hydrogens is 202 g/mol. The third kappa shape index (κ3) is 2.64. The molecule has 3 heteroatoms. The first kappa shape index (κ1) is 10.8. The Morgan fingerprint density at radius 1 is 1.06 bits per heavy atom. The van der Waals surface area contributed by atoms with Crippen LogP contribution in [0.4, 0.5) is 0 Å². The fraction of sp³-hybridized carbons (Fsp3) is 0.231. The maximum Gasteiger partial charge on any atom is 0.146 e. The molecule has 2 rings (SSSR count). The highest BCUT2D eigenvalue weighted by Gasteiger charge is 2.01. The van der Waals surface area contributed by atoms with Gasteiger partial charge >= 0.3 is 0 Å². The molecule has 0 bridgehead atoms. The number of hydrogen-bond acceptors (Lipinski definition) is 3. The predicted molar refractivity (Wildman–Crippen MR) is 62.1 cm³/mol. The van der Waals surface area contributed by atoms with Gasteiger partial charge in [-0.15, -0.1) is 0 Å². The Morgan fingerprint density at radius 2 is 1.75 bits per heavy atom. The quantitative estimate of drug-likeness (QED) is 0.856. The van der Waals surface area contributed by atoms with Crippen LogP contribution in [-0.4, -0.2) is 0 Å². The van der Waals surface area contributed by atoms with E-state index in [9.17, 15) is 0 Å². The Labute approximate surface area is 94.8 Å². The normalized spacial score (nSPS) is 10.4. The average Bonchev–Trinajstić information content (AvgIpc) is 2.76. The lowest BCUT2D eigenvalue weighted by Crippen LogP contribution is -1.95. The number of hydrogen-bond donors (Lipinski definition) is 1. The molecule has 0 atom stereocenters. The molecule has 0 unspecified atom stereocenters. The van der Waals surface area contributed by atoms with Crippen LogP contribution in [0.15, 0.2) is 40.8 Å². The van der Waals surface area contributed by atoms with Gasteiger partial charge < -0.3 is 14.9 Å². The van der Waals surface area contributed by atoms with Crippen molar-refractivity contribution in [3.63, 3.8) is 0 Å². The van der Waals surface area contributed by atoms with Crippen LogP contribution in [0, 0.1) is 6.92 Å². The first-order valence-corrected chi connectivity index (χ1v) is 5.25. The molecule has 84 valence electrons. The molecule has 0 aliphatic heterocycles. The van der Waals surface area contributed by atoms with Gasteiger partial charge in [0, 0.05) is 0 Å². The molecule has 16 heavy (non-hydrogen) atoms. The van der Waals surface area contributed by atoms with Crippen LogP contribution in [0.25, 0.3) is 0 Å². The summed E-state index contributed by atoms with van der Waals surface area (Å²) >= 11 is 0. The fourth-order valence-corrected chi connectivity index (χ4v) is 1.40. The maximum atomic E-state index is 5.57. The molecule has 0 radical (unpaired) electrons. The Kier molecular flexibility index (Phi) is 3.27. The van der Waals surface area contributed by atoms with Crippen LogP contribution < -0.4 is 10.5 Å². The minimum Gasteiger partial charge on any atom is -0.486 e. The summed E-state index contributed by atoms with van der Waals surface area (Å²) in [7, 11) is 0. The van der Waals surface area contributed by atoms with Crippen molar-refractivity contribution in [3.05, 3.63) is 53.5 Å². The van der Waals surface area contributed by atoms with Crippen LogP contribution >= 0.6 is 0 Å². The van der Waals surface area contributed by atoms with Crippen molar-refractivity contribution >= 4 is 0 Å². The first-order chi connectivity index (χ1) is 7.78. The van der Waals surface area contributed by atoms with Crippen LogP contribution in [0.5, 0.6) is 5.75 Å².